The van der Waals surface area contributed by atoms with Gasteiger partial charge in [0.25, 0.3) is 5.91 Å². The summed E-state index contributed by atoms with van der Waals surface area (Å²) in [5, 5.41) is 46.7. The van der Waals surface area contributed by atoms with Gasteiger partial charge < -0.3 is 52.5 Å². The van der Waals surface area contributed by atoms with Crippen LogP contribution in [-0.2, 0) is 59.2 Å². The number of hydrogen-bond acceptors (Lipinski definition) is 12. The van der Waals surface area contributed by atoms with E-state index in [2.05, 4.69) is 49.8 Å². The maximum absolute atomic E-state index is 15.0. The number of Topliss-reactive ketones (excluding diaryl/α,β-unsaturated/α-hetero) is 1. The van der Waals surface area contributed by atoms with Crippen molar-refractivity contribution < 1.29 is 68.1 Å². The number of thiol groups is 1. The predicted molar refractivity (Wildman–Crippen MR) is 276 cm³/mol. The van der Waals surface area contributed by atoms with Gasteiger partial charge in [-0.25, -0.2) is 0 Å². The summed E-state index contributed by atoms with van der Waals surface area (Å²) >= 11 is 10.5. The highest BCUT2D eigenvalue weighted by molar-refractivity contribution is 7.80. The molecule has 10 N–H and O–H groups in total. The van der Waals surface area contributed by atoms with Gasteiger partial charge in [-0.05, 0) is 54.4 Å². The molecule has 0 bridgehead atoms. The van der Waals surface area contributed by atoms with Gasteiger partial charge in [-0.2, -0.15) is 12.6 Å². The second-order valence-corrected chi connectivity index (χ2v) is 18.9. The van der Waals surface area contributed by atoms with Crippen LogP contribution in [0.25, 0.3) is 0 Å². The lowest BCUT2D eigenvalue weighted by Gasteiger charge is -2.32. The first kappa shape index (κ1) is 60.2. The number of halogens is 1. The lowest BCUT2D eigenvalue weighted by atomic mass is 9.84. The van der Waals surface area contributed by atoms with E-state index in [-0.39, 0.29) is 24.6 Å². The third kappa shape index (κ3) is 20.1. The molecule has 404 valence electrons. The zero-order chi connectivity index (χ0) is 55.0. The van der Waals surface area contributed by atoms with Crippen molar-refractivity contribution in [1.29, 1.82) is 0 Å². The Morgan fingerprint density at radius 3 is 1.57 bits per heavy atom. The number of hydrogen-bond donors (Lipinski definition) is 11. The number of amides is 7. The Morgan fingerprint density at radius 2 is 1.05 bits per heavy atom. The van der Waals surface area contributed by atoms with Crippen molar-refractivity contribution in [1.82, 2.24) is 37.2 Å². The van der Waals surface area contributed by atoms with Crippen molar-refractivity contribution in [2.75, 3.05) is 12.3 Å². The van der Waals surface area contributed by atoms with E-state index in [1.807, 2.05) is 0 Å². The Balaban J connectivity index is 1.69. The smallest absolute Gasteiger partial charge is 0.305 e. The highest BCUT2D eigenvalue weighted by Crippen LogP contribution is 2.30. The quantitative estimate of drug-likeness (QED) is 0.0338. The van der Waals surface area contributed by atoms with Gasteiger partial charge >= 0.3 is 17.9 Å². The van der Waals surface area contributed by atoms with Crippen LogP contribution in [0.15, 0.2) is 84.9 Å². The Labute approximate surface area is 443 Å². The second-order valence-electron chi connectivity index (χ2n) is 18.1. The van der Waals surface area contributed by atoms with E-state index in [1.165, 1.54) is 0 Å². The first-order chi connectivity index (χ1) is 35.8. The Hall–Kier alpha value is -7.33. The molecule has 1 saturated carbocycles. The fourth-order valence-electron chi connectivity index (χ4n) is 8.67. The predicted octanol–water partition coefficient (Wildman–Crippen LogP) is 2.43. The average Bonchev–Trinajstić information content (AvgIpc) is 3.38. The van der Waals surface area contributed by atoms with Gasteiger partial charge in [0, 0.05) is 43.0 Å². The van der Waals surface area contributed by atoms with Gasteiger partial charge in [0.1, 0.15) is 36.3 Å². The molecule has 75 heavy (non-hydrogen) atoms. The van der Waals surface area contributed by atoms with Crippen molar-refractivity contribution in [3.8, 4) is 0 Å². The summed E-state index contributed by atoms with van der Waals surface area (Å²) < 4.78 is 0. The minimum absolute atomic E-state index is 0.0458. The van der Waals surface area contributed by atoms with E-state index in [0.29, 0.717) is 35.4 Å². The molecule has 3 aromatic rings. The van der Waals surface area contributed by atoms with Crippen LogP contribution < -0.4 is 37.2 Å². The van der Waals surface area contributed by atoms with E-state index >= 15 is 4.79 Å². The minimum atomic E-state index is -1.75. The van der Waals surface area contributed by atoms with Gasteiger partial charge in [0.15, 0.2) is 0 Å². The molecule has 3 aromatic carbocycles. The first-order valence-electron chi connectivity index (χ1n) is 24.5. The summed E-state index contributed by atoms with van der Waals surface area (Å²) in [7, 11) is 0. The van der Waals surface area contributed by atoms with Crippen LogP contribution in [0.3, 0.4) is 0 Å². The maximum atomic E-state index is 15.0. The summed E-state index contributed by atoms with van der Waals surface area (Å²) in [6.45, 7) is 1.07. The third-order valence-corrected chi connectivity index (χ3v) is 13.2. The van der Waals surface area contributed by atoms with E-state index in [4.69, 9.17) is 11.6 Å². The van der Waals surface area contributed by atoms with Gasteiger partial charge in [0.05, 0.1) is 6.42 Å². The number of benzene rings is 3. The Bertz CT molecular complexity index is 2440. The first-order valence-corrected chi connectivity index (χ1v) is 25.5. The highest BCUT2D eigenvalue weighted by Gasteiger charge is 2.39. The number of rotatable bonds is 30. The molecule has 0 spiro atoms. The van der Waals surface area contributed by atoms with Crippen LogP contribution in [0.5, 0.6) is 0 Å². The molecule has 0 radical (unpaired) electrons. The molecule has 7 amide bonds. The Kier molecular flexibility index (Phi) is 24.7. The van der Waals surface area contributed by atoms with Crippen LogP contribution in [-0.4, -0.2) is 129 Å². The number of carbonyl (C=O) groups excluding carboxylic acids is 8. The minimum Gasteiger partial charge on any atom is -0.481 e. The number of aliphatic carboxylic acids is 3. The summed E-state index contributed by atoms with van der Waals surface area (Å²) in [5.74, 6) is -13.7. The van der Waals surface area contributed by atoms with Crippen molar-refractivity contribution in [2.24, 2.45) is 5.92 Å². The molecule has 6 atom stereocenters. The number of ketones is 1. The van der Waals surface area contributed by atoms with Crippen molar-refractivity contribution in [3.63, 3.8) is 0 Å². The van der Waals surface area contributed by atoms with Crippen LogP contribution in [0.1, 0.15) is 100 Å². The van der Waals surface area contributed by atoms with Gasteiger partial charge in [-0.1, -0.05) is 123 Å². The van der Waals surface area contributed by atoms with Crippen LogP contribution in [0.2, 0.25) is 5.02 Å². The van der Waals surface area contributed by atoms with Gasteiger partial charge in [-0.15, -0.1) is 0 Å². The lowest BCUT2D eigenvalue weighted by molar-refractivity contribution is -0.141. The zero-order valence-corrected chi connectivity index (χ0v) is 42.9. The molecule has 0 heterocycles. The molecule has 0 aliphatic heterocycles. The monoisotopic (exact) mass is 1080 g/mol. The van der Waals surface area contributed by atoms with Gasteiger partial charge in [0.2, 0.25) is 41.2 Å². The molecular formula is C52H64ClN7O14S. The maximum Gasteiger partial charge on any atom is 0.305 e. The summed E-state index contributed by atoms with van der Waals surface area (Å²) in [5.41, 5.74) is 1.62. The van der Waals surface area contributed by atoms with Gasteiger partial charge in [-0.3, -0.25) is 52.7 Å². The number of nitrogens with one attached hydrogen (secondary N) is 7. The molecule has 1 fully saturated rings. The van der Waals surface area contributed by atoms with Crippen LogP contribution >= 0.6 is 24.2 Å². The van der Waals surface area contributed by atoms with Crippen LogP contribution in [0, 0.1) is 5.92 Å². The standard InChI is InChI=1S/C52H64ClN7O14S/c1-30(61)55-39(28-43(66)67)50(72)56-37(22-24-42(64)65)48(70)60-45(44(33-16-7-3-8-17-33)34-18-9-4-10-19-34)51(73)57-36(21-23-41(62)63)47(69)58-38(27-31-13-5-2-6-14-31)49(71)59-40(29-75)46(68)52(74)54-26-25-32-15-11-12-20-35(32)53/h3-4,7-12,15-20,31,36-40,44-45,75H,2,5-6,13-14,21-29H2,1H3,(H,54,74)(H,55,61)(H,56,72)(H,57,73)(H,58,69)(H,59,71)(H,60,70)(H,62,63)(H,64,65)(H,66,67)/t36-,37-,38-,39-,40-,45-/m0/s1. The van der Waals surface area contributed by atoms with E-state index in [0.717, 1.165) is 31.7 Å². The fraction of sp³-hybridized carbons (Fsp3) is 0.442. The molecule has 23 heteroatoms. The number of carboxylic acids is 3. The normalized spacial score (nSPS) is 14.8. The number of carboxylic acid groups (broad SMARTS) is 3. The van der Waals surface area contributed by atoms with Crippen molar-refractivity contribution in [3.05, 3.63) is 107 Å². The lowest BCUT2D eigenvalue weighted by Crippen LogP contribution is -2.61. The van der Waals surface area contributed by atoms with Crippen molar-refractivity contribution >= 4 is 89.3 Å². The van der Waals surface area contributed by atoms with E-state index in [1.54, 1.807) is 84.9 Å². The van der Waals surface area contributed by atoms with E-state index in [9.17, 15) is 63.3 Å². The van der Waals surface area contributed by atoms with Crippen LogP contribution in [0.4, 0.5) is 0 Å². The topological polar surface area (TPSA) is 333 Å². The molecular weight excluding hydrogens is 1010 g/mol. The molecule has 21 nitrogen and oxygen atoms in total. The number of carbonyl (C=O) groups is 11. The summed E-state index contributed by atoms with van der Waals surface area (Å²) in [6, 6.07) is 13.9. The second kappa shape index (κ2) is 30.8. The molecule has 0 aromatic heterocycles. The largest absolute Gasteiger partial charge is 0.481 e. The summed E-state index contributed by atoms with van der Waals surface area (Å²) in [4.78, 5) is 145. The zero-order valence-electron chi connectivity index (χ0n) is 41.3. The Morgan fingerprint density at radius 1 is 0.573 bits per heavy atom. The van der Waals surface area contributed by atoms with Crippen molar-refractivity contribution in [2.45, 2.75) is 126 Å². The molecule has 4 rings (SSSR count). The molecule has 1 aliphatic rings. The molecule has 1 aliphatic carbocycles. The molecule has 0 unspecified atom stereocenters. The third-order valence-electron chi connectivity index (χ3n) is 12.5. The fourth-order valence-corrected chi connectivity index (χ4v) is 9.16. The average molecular weight is 1080 g/mol. The molecule has 0 saturated heterocycles. The SMILES string of the molecule is CC(=O)N[C@@H](CC(=O)O)C(=O)N[C@@H](CCC(=O)O)C(=O)N[C@H](C(=O)N[C@@H](CCC(=O)O)C(=O)N[C@@H](CC1CCCCC1)C(=O)N[C@@H](CS)C(=O)C(=O)NCCc1ccccc1Cl)C(c1ccccc1)c1ccccc1. The van der Waals surface area contributed by atoms with E-state index < -0.39 is 139 Å². The highest BCUT2D eigenvalue weighted by atomic mass is 35.5. The summed E-state index contributed by atoms with van der Waals surface area (Å²) in [6.07, 6.45) is 0.999.